The average molecular weight is 618 g/mol. The van der Waals surface area contributed by atoms with Crippen molar-refractivity contribution in [2.24, 2.45) is 0 Å². The van der Waals surface area contributed by atoms with Crippen molar-refractivity contribution in [3.63, 3.8) is 0 Å². The van der Waals surface area contributed by atoms with E-state index in [1.807, 2.05) is 46.3 Å². The van der Waals surface area contributed by atoms with Crippen LogP contribution in [-0.4, -0.2) is 67.1 Å². The number of hydrogen-bond donors (Lipinski definition) is 3. The summed E-state index contributed by atoms with van der Waals surface area (Å²) in [5.41, 5.74) is 3.00. The van der Waals surface area contributed by atoms with E-state index >= 15 is 0 Å². The van der Waals surface area contributed by atoms with Crippen molar-refractivity contribution < 1.29 is 46.1 Å². The maximum absolute atomic E-state index is 10.6. The molecule has 0 aliphatic carbocycles. The van der Waals surface area contributed by atoms with Gasteiger partial charge in [-0.15, -0.1) is 11.3 Å². The molecule has 0 bridgehead atoms. The number of carboxylic acid groups (broad SMARTS) is 2. The van der Waals surface area contributed by atoms with E-state index in [4.69, 9.17) is 29.9 Å². The van der Waals surface area contributed by atoms with Crippen LogP contribution in [0.4, 0.5) is 37.7 Å². The molecule has 1 fully saturated rings. The van der Waals surface area contributed by atoms with Gasteiger partial charge >= 0.3 is 24.3 Å². The number of nitrogens with zero attached hydrogens (tertiary/aromatic N) is 4. The number of hydrogen-bond acceptors (Lipinski definition) is 7. The number of likely N-dealkylation sites (tertiary alicyclic amines) is 1. The third-order valence-corrected chi connectivity index (χ3v) is 6.67. The maximum Gasteiger partial charge on any atom is 0.490 e. The van der Waals surface area contributed by atoms with Gasteiger partial charge in [-0.1, -0.05) is 24.3 Å². The van der Waals surface area contributed by atoms with E-state index in [0.29, 0.717) is 5.92 Å². The summed E-state index contributed by atoms with van der Waals surface area (Å²) in [4.78, 5) is 26.6. The zero-order valence-corrected chi connectivity index (χ0v) is 22.5. The van der Waals surface area contributed by atoms with E-state index in [0.717, 1.165) is 55.3 Å². The Balaban J connectivity index is 0.000000289. The summed E-state index contributed by atoms with van der Waals surface area (Å²) in [5, 5.41) is 24.6. The molecule has 4 heterocycles. The predicted octanol–water partition coefficient (Wildman–Crippen LogP) is 6.18. The van der Waals surface area contributed by atoms with Gasteiger partial charge in [0.25, 0.3) is 0 Å². The number of nitrogens with one attached hydrogen (secondary N) is 1. The molecule has 0 saturated carbocycles. The summed E-state index contributed by atoms with van der Waals surface area (Å²) < 4.78 is 65.4. The molecule has 0 unspecified atom stereocenters. The lowest BCUT2D eigenvalue weighted by Crippen LogP contribution is -2.32. The number of carboxylic acids is 2. The van der Waals surface area contributed by atoms with Gasteiger partial charge in [-0.05, 0) is 61.6 Å². The number of fused-ring (bicyclic) bond motifs is 1. The van der Waals surface area contributed by atoms with Crippen LogP contribution in [0.5, 0.6) is 0 Å². The Morgan fingerprint density at radius 1 is 0.881 bits per heavy atom. The molecule has 4 aromatic rings. The first kappa shape index (κ1) is 32.3. The van der Waals surface area contributed by atoms with Gasteiger partial charge in [0, 0.05) is 23.0 Å². The third-order valence-electron chi connectivity index (χ3n) is 5.81. The number of anilines is 2. The van der Waals surface area contributed by atoms with Crippen LogP contribution in [0.2, 0.25) is 0 Å². The number of halogens is 6. The summed E-state index contributed by atoms with van der Waals surface area (Å²) in [6.45, 7) is 3.29. The predicted molar refractivity (Wildman–Crippen MR) is 142 cm³/mol. The Bertz CT molecular complexity index is 1410. The quantitative estimate of drug-likeness (QED) is 0.227. The number of thiophene rings is 1. The van der Waals surface area contributed by atoms with E-state index in [-0.39, 0.29) is 0 Å². The third kappa shape index (κ3) is 10.0. The summed E-state index contributed by atoms with van der Waals surface area (Å²) in [7, 11) is 0. The zero-order chi connectivity index (χ0) is 30.9. The normalized spacial score (nSPS) is 14.3. The topological polar surface area (TPSA) is 120 Å². The number of rotatable bonds is 5. The van der Waals surface area contributed by atoms with Crippen molar-refractivity contribution in [3.8, 4) is 0 Å². The van der Waals surface area contributed by atoms with Crippen LogP contribution in [0, 0.1) is 0 Å². The van der Waals surface area contributed by atoms with Crippen molar-refractivity contribution in [2.45, 2.75) is 37.7 Å². The van der Waals surface area contributed by atoms with Crippen LogP contribution in [0.25, 0.3) is 5.65 Å². The molecule has 3 aromatic heterocycles. The van der Waals surface area contributed by atoms with Crippen LogP contribution < -0.4 is 5.32 Å². The monoisotopic (exact) mass is 617 g/mol. The second-order valence-corrected chi connectivity index (χ2v) is 9.95. The molecule has 9 nitrogen and oxygen atoms in total. The highest BCUT2D eigenvalue weighted by molar-refractivity contribution is 7.09. The average Bonchev–Trinajstić information content (AvgIpc) is 3.59. The number of carbonyl (C=O) groups is 2. The number of aliphatic carboxylic acids is 2. The minimum Gasteiger partial charge on any atom is -0.475 e. The highest BCUT2D eigenvalue weighted by Gasteiger charge is 2.38. The molecule has 16 heteroatoms. The summed E-state index contributed by atoms with van der Waals surface area (Å²) in [6.07, 6.45) is -5.90. The van der Waals surface area contributed by atoms with Crippen LogP contribution in [0.3, 0.4) is 0 Å². The van der Waals surface area contributed by atoms with Crippen LogP contribution in [0.1, 0.15) is 29.5 Å². The van der Waals surface area contributed by atoms with E-state index < -0.39 is 24.3 Å². The SMILES string of the molecule is O=C(O)C(F)(F)F.O=C(O)C(F)(F)F.c1ccc(Nc2ccc3nc(C4CCN(Cc5cccs5)CC4)nn3c2)cc1. The molecule has 1 aliphatic rings. The molecule has 0 amide bonds. The number of para-hydroxylation sites is 1. The van der Waals surface area contributed by atoms with E-state index in [1.54, 1.807) is 0 Å². The molecule has 1 aromatic carbocycles. The fraction of sp³-hybridized carbons (Fsp3) is 0.308. The molecular weight excluding hydrogens is 592 g/mol. The Labute approximate surface area is 239 Å². The molecule has 42 heavy (non-hydrogen) atoms. The largest absolute Gasteiger partial charge is 0.490 e. The van der Waals surface area contributed by atoms with E-state index in [1.165, 1.54) is 4.88 Å². The number of pyridine rings is 1. The van der Waals surface area contributed by atoms with Gasteiger partial charge in [0.1, 0.15) is 0 Å². The highest BCUT2D eigenvalue weighted by Crippen LogP contribution is 2.28. The molecule has 226 valence electrons. The fourth-order valence-corrected chi connectivity index (χ4v) is 4.55. The van der Waals surface area contributed by atoms with Gasteiger partial charge in [0.05, 0.1) is 11.9 Å². The van der Waals surface area contributed by atoms with Gasteiger partial charge in [0.15, 0.2) is 11.5 Å². The zero-order valence-electron chi connectivity index (χ0n) is 21.6. The first-order chi connectivity index (χ1) is 19.7. The summed E-state index contributed by atoms with van der Waals surface area (Å²) >= 11 is 1.84. The van der Waals surface area contributed by atoms with Crippen LogP contribution in [-0.2, 0) is 16.1 Å². The second kappa shape index (κ2) is 14.1. The molecule has 3 N–H and O–H groups in total. The second-order valence-electron chi connectivity index (χ2n) is 8.92. The lowest BCUT2D eigenvalue weighted by molar-refractivity contribution is -0.193. The van der Waals surface area contributed by atoms with Crippen molar-refractivity contribution in [1.82, 2.24) is 19.5 Å². The summed E-state index contributed by atoms with van der Waals surface area (Å²) in [6, 6.07) is 18.6. The molecule has 0 atom stereocenters. The van der Waals surface area contributed by atoms with Crippen molar-refractivity contribution in [3.05, 3.63) is 76.9 Å². The lowest BCUT2D eigenvalue weighted by atomic mass is 9.96. The molecule has 0 radical (unpaired) electrons. The Morgan fingerprint density at radius 2 is 1.48 bits per heavy atom. The molecular formula is C26H25F6N5O4S. The van der Waals surface area contributed by atoms with Gasteiger partial charge in [-0.25, -0.2) is 19.1 Å². The maximum atomic E-state index is 10.6. The minimum atomic E-state index is -5.08. The number of benzene rings is 1. The van der Waals surface area contributed by atoms with Crippen molar-refractivity contribution in [2.75, 3.05) is 18.4 Å². The van der Waals surface area contributed by atoms with Crippen molar-refractivity contribution in [1.29, 1.82) is 0 Å². The fourth-order valence-electron chi connectivity index (χ4n) is 3.81. The number of piperidine rings is 1. The number of alkyl halides is 6. The number of aromatic nitrogens is 3. The highest BCUT2D eigenvalue weighted by atomic mass is 32.1. The Kier molecular flexibility index (Phi) is 10.9. The van der Waals surface area contributed by atoms with Gasteiger partial charge < -0.3 is 15.5 Å². The van der Waals surface area contributed by atoms with E-state index in [2.05, 4.69) is 45.9 Å². The molecule has 0 spiro atoms. The lowest BCUT2D eigenvalue weighted by Gasteiger charge is -2.30. The first-order valence-electron chi connectivity index (χ1n) is 12.3. The van der Waals surface area contributed by atoms with Gasteiger partial charge in [-0.3, -0.25) is 4.90 Å². The Morgan fingerprint density at radius 3 is 2.00 bits per heavy atom. The summed E-state index contributed by atoms with van der Waals surface area (Å²) in [5.74, 6) is -4.09. The van der Waals surface area contributed by atoms with Crippen molar-refractivity contribution >= 4 is 40.3 Å². The molecule has 1 aliphatic heterocycles. The van der Waals surface area contributed by atoms with Gasteiger partial charge in [0.2, 0.25) is 0 Å². The first-order valence-corrected chi connectivity index (χ1v) is 13.1. The van der Waals surface area contributed by atoms with E-state index in [9.17, 15) is 26.3 Å². The van der Waals surface area contributed by atoms with Crippen LogP contribution in [0.15, 0.2) is 66.2 Å². The van der Waals surface area contributed by atoms with Crippen LogP contribution >= 0.6 is 11.3 Å². The van der Waals surface area contributed by atoms with Gasteiger partial charge in [-0.2, -0.15) is 31.4 Å². The molecule has 5 rings (SSSR count). The Hall–Kier alpha value is -4.18. The molecule has 1 saturated heterocycles. The standard InChI is InChI=1S/C22H23N5S.2C2HF3O2/c1-2-5-18(6-3-1)23-19-8-9-21-24-22(25-27(21)15-19)17-10-12-26(13-11-17)16-20-7-4-14-28-20;2*3-2(4,5)1(6)7/h1-9,14-15,17,23H,10-13,16H2;2*(H,6,7). The minimum absolute atomic E-state index is 0.449. The smallest absolute Gasteiger partial charge is 0.475 e.